The molecule has 94 valence electrons. The van der Waals surface area contributed by atoms with Crippen molar-refractivity contribution in [2.24, 2.45) is 0 Å². The van der Waals surface area contributed by atoms with Crippen molar-refractivity contribution in [1.82, 2.24) is 5.43 Å². The standard InChI is InChI=1S/C14H15FN2S/c1-18-17(14-5-3-2-4-6-14)16-11-12-7-9-13(15)10-8-12/h2-10,16H,11H2,1H3. The molecule has 0 aliphatic carbocycles. The van der Waals surface area contributed by atoms with Gasteiger partial charge in [0.25, 0.3) is 0 Å². The van der Waals surface area contributed by atoms with Crippen molar-refractivity contribution >= 4 is 17.6 Å². The normalized spacial score (nSPS) is 10.3. The number of nitrogens with one attached hydrogen (secondary N) is 1. The minimum atomic E-state index is -0.205. The molecule has 0 unspecified atom stereocenters. The van der Waals surface area contributed by atoms with E-state index in [4.69, 9.17) is 0 Å². The van der Waals surface area contributed by atoms with Crippen LogP contribution in [0.25, 0.3) is 0 Å². The molecule has 2 rings (SSSR count). The van der Waals surface area contributed by atoms with Gasteiger partial charge in [0.1, 0.15) is 5.82 Å². The molecular weight excluding hydrogens is 247 g/mol. The second kappa shape index (κ2) is 6.42. The Morgan fingerprint density at radius 3 is 2.33 bits per heavy atom. The number of rotatable bonds is 5. The van der Waals surface area contributed by atoms with Gasteiger partial charge in [-0.1, -0.05) is 30.3 Å². The van der Waals surface area contributed by atoms with Crippen LogP contribution in [0.15, 0.2) is 54.6 Å². The first-order chi connectivity index (χ1) is 8.79. The second-order valence-electron chi connectivity index (χ2n) is 3.77. The van der Waals surface area contributed by atoms with Crippen LogP contribution >= 0.6 is 11.9 Å². The van der Waals surface area contributed by atoms with Crippen molar-refractivity contribution in [3.63, 3.8) is 0 Å². The summed E-state index contributed by atoms with van der Waals surface area (Å²) in [6.45, 7) is 0.663. The van der Waals surface area contributed by atoms with Crippen LogP contribution in [0.3, 0.4) is 0 Å². The van der Waals surface area contributed by atoms with E-state index in [1.165, 1.54) is 12.1 Å². The van der Waals surface area contributed by atoms with Crippen molar-refractivity contribution in [3.8, 4) is 0 Å². The molecule has 2 aromatic carbocycles. The van der Waals surface area contributed by atoms with Gasteiger partial charge in [0.15, 0.2) is 0 Å². The van der Waals surface area contributed by atoms with E-state index in [1.54, 1.807) is 24.1 Å². The molecule has 0 radical (unpaired) electrons. The highest BCUT2D eigenvalue weighted by Gasteiger charge is 2.03. The number of hydrogen-bond acceptors (Lipinski definition) is 3. The van der Waals surface area contributed by atoms with Gasteiger partial charge in [0.2, 0.25) is 0 Å². The largest absolute Gasteiger partial charge is 0.251 e. The van der Waals surface area contributed by atoms with E-state index in [2.05, 4.69) is 5.43 Å². The number of benzene rings is 2. The van der Waals surface area contributed by atoms with Crippen molar-refractivity contribution in [1.29, 1.82) is 0 Å². The molecule has 0 aromatic heterocycles. The predicted molar refractivity (Wildman–Crippen MR) is 75.7 cm³/mol. The molecule has 2 aromatic rings. The van der Waals surface area contributed by atoms with E-state index < -0.39 is 0 Å². The number of anilines is 1. The molecule has 0 amide bonds. The van der Waals surface area contributed by atoms with Crippen LogP contribution < -0.4 is 9.84 Å². The molecule has 0 aliphatic rings. The molecule has 0 saturated heterocycles. The average Bonchev–Trinajstić information content (AvgIpc) is 2.43. The Kier molecular flexibility index (Phi) is 4.61. The van der Waals surface area contributed by atoms with Crippen LogP contribution in [0.2, 0.25) is 0 Å². The van der Waals surface area contributed by atoms with E-state index in [1.807, 2.05) is 41.0 Å². The highest BCUT2D eigenvalue weighted by atomic mass is 32.2. The third-order valence-corrected chi connectivity index (χ3v) is 3.22. The summed E-state index contributed by atoms with van der Waals surface area (Å²) in [5, 5.41) is 0. The van der Waals surface area contributed by atoms with Gasteiger partial charge in [0.05, 0.1) is 5.69 Å². The van der Waals surface area contributed by atoms with E-state index >= 15 is 0 Å². The maximum Gasteiger partial charge on any atom is 0.123 e. The van der Waals surface area contributed by atoms with E-state index in [-0.39, 0.29) is 5.82 Å². The molecule has 1 N–H and O–H groups in total. The lowest BCUT2D eigenvalue weighted by Crippen LogP contribution is -2.31. The summed E-state index contributed by atoms with van der Waals surface area (Å²) in [5.74, 6) is -0.205. The Morgan fingerprint density at radius 2 is 1.72 bits per heavy atom. The topological polar surface area (TPSA) is 15.3 Å². The molecule has 0 fully saturated rings. The molecule has 0 saturated carbocycles. The summed E-state index contributed by atoms with van der Waals surface area (Å²) < 4.78 is 14.8. The van der Waals surface area contributed by atoms with Crippen molar-refractivity contribution in [2.45, 2.75) is 6.54 Å². The third-order valence-electron chi connectivity index (χ3n) is 2.51. The number of nitrogens with zero attached hydrogens (tertiary/aromatic N) is 1. The van der Waals surface area contributed by atoms with Crippen LogP contribution in [0.4, 0.5) is 10.1 Å². The van der Waals surface area contributed by atoms with Crippen molar-refractivity contribution in [2.75, 3.05) is 10.7 Å². The van der Waals surface area contributed by atoms with Crippen LogP contribution in [0.1, 0.15) is 5.56 Å². The second-order valence-corrected chi connectivity index (χ2v) is 4.50. The van der Waals surface area contributed by atoms with Gasteiger partial charge in [-0.05, 0) is 41.8 Å². The highest BCUT2D eigenvalue weighted by molar-refractivity contribution is 7.99. The molecule has 2 nitrogen and oxygen atoms in total. The summed E-state index contributed by atoms with van der Waals surface area (Å²) in [6, 6.07) is 16.6. The van der Waals surface area contributed by atoms with Crippen LogP contribution in [0.5, 0.6) is 0 Å². The van der Waals surface area contributed by atoms with Crippen LogP contribution in [-0.4, -0.2) is 6.26 Å². The fraction of sp³-hybridized carbons (Fsp3) is 0.143. The first kappa shape index (κ1) is 12.9. The summed E-state index contributed by atoms with van der Waals surface area (Å²) in [5.41, 5.74) is 5.43. The Balaban J connectivity index is 1.97. The molecule has 0 atom stereocenters. The van der Waals surface area contributed by atoms with Gasteiger partial charge in [-0.2, -0.15) is 0 Å². The third kappa shape index (κ3) is 3.48. The molecule has 18 heavy (non-hydrogen) atoms. The molecule has 0 bridgehead atoms. The van der Waals surface area contributed by atoms with Crippen LogP contribution in [0, 0.1) is 5.82 Å². The van der Waals surface area contributed by atoms with Gasteiger partial charge in [0, 0.05) is 12.8 Å². The first-order valence-corrected chi connectivity index (χ1v) is 6.85. The van der Waals surface area contributed by atoms with Gasteiger partial charge in [-0.25, -0.2) is 9.82 Å². The van der Waals surface area contributed by atoms with Crippen molar-refractivity contribution in [3.05, 3.63) is 66.0 Å². The summed E-state index contributed by atoms with van der Waals surface area (Å²) in [6.07, 6.45) is 2.00. The monoisotopic (exact) mass is 262 g/mol. The first-order valence-electron chi connectivity index (χ1n) is 5.67. The quantitative estimate of drug-likeness (QED) is 0.654. The minimum absolute atomic E-state index is 0.205. The summed E-state index contributed by atoms with van der Waals surface area (Å²) >= 11 is 1.59. The summed E-state index contributed by atoms with van der Waals surface area (Å²) in [7, 11) is 0. The molecule has 0 spiro atoms. The Bertz CT molecular complexity index is 473. The molecule has 0 aliphatic heterocycles. The maximum atomic E-state index is 12.8. The van der Waals surface area contributed by atoms with Gasteiger partial charge in [-0.3, -0.25) is 4.41 Å². The lowest BCUT2D eigenvalue weighted by molar-refractivity contribution is 0.626. The van der Waals surface area contributed by atoms with Gasteiger partial charge >= 0.3 is 0 Å². The Labute approximate surface area is 111 Å². The lowest BCUT2D eigenvalue weighted by atomic mass is 10.2. The Hall–Kier alpha value is -1.52. The number of hydrogen-bond donors (Lipinski definition) is 1. The van der Waals surface area contributed by atoms with E-state index in [0.29, 0.717) is 6.54 Å². The maximum absolute atomic E-state index is 12.8. The van der Waals surface area contributed by atoms with E-state index in [9.17, 15) is 4.39 Å². The average molecular weight is 262 g/mol. The van der Waals surface area contributed by atoms with Crippen LogP contribution in [-0.2, 0) is 6.54 Å². The molecule has 0 heterocycles. The zero-order valence-corrected chi connectivity index (χ0v) is 11.0. The molecule has 4 heteroatoms. The lowest BCUT2D eigenvalue weighted by Gasteiger charge is -2.22. The highest BCUT2D eigenvalue weighted by Crippen LogP contribution is 2.17. The van der Waals surface area contributed by atoms with Gasteiger partial charge in [-0.15, -0.1) is 0 Å². The minimum Gasteiger partial charge on any atom is -0.251 e. The Morgan fingerprint density at radius 1 is 1.06 bits per heavy atom. The van der Waals surface area contributed by atoms with E-state index in [0.717, 1.165) is 11.3 Å². The number of hydrazine groups is 1. The SMILES string of the molecule is CSN(NCc1ccc(F)cc1)c1ccccc1. The zero-order valence-electron chi connectivity index (χ0n) is 10.1. The predicted octanol–water partition coefficient (Wildman–Crippen LogP) is 3.61. The number of para-hydroxylation sites is 1. The zero-order chi connectivity index (χ0) is 12.8. The smallest absolute Gasteiger partial charge is 0.123 e. The van der Waals surface area contributed by atoms with Crippen molar-refractivity contribution < 1.29 is 4.39 Å². The molecular formula is C14H15FN2S. The fourth-order valence-electron chi connectivity index (χ4n) is 1.59. The summed E-state index contributed by atoms with van der Waals surface area (Å²) in [4.78, 5) is 0. The number of halogens is 1. The fourth-order valence-corrected chi connectivity index (χ4v) is 2.12. The van der Waals surface area contributed by atoms with Gasteiger partial charge < -0.3 is 0 Å².